The quantitative estimate of drug-likeness (QED) is 0.910. The first-order valence-electron chi connectivity index (χ1n) is 6.43. The van der Waals surface area contributed by atoms with Crippen LogP contribution in [0.25, 0.3) is 10.8 Å². The summed E-state index contributed by atoms with van der Waals surface area (Å²) in [4.78, 5) is 11.1. The Balaban J connectivity index is 2.59. The van der Waals surface area contributed by atoms with Crippen LogP contribution in [0.3, 0.4) is 0 Å². The first-order valence-corrected chi connectivity index (χ1v) is 6.43. The van der Waals surface area contributed by atoms with Crippen molar-refractivity contribution in [2.45, 2.75) is 13.3 Å². The number of fused-ring (bicyclic) bond motifs is 1. The zero-order valence-electron chi connectivity index (χ0n) is 11.8. The number of rotatable bonds is 5. The van der Waals surface area contributed by atoms with E-state index in [0.717, 1.165) is 22.1 Å². The summed E-state index contributed by atoms with van der Waals surface area (Å²) in [6, 6.07) is 9.60. The minimum atomic E-state index is -0.813. The van der Waals surface area contributed by atoms with E-state index in [0.29, 0.717) is 12.2 Å². The second kappa shape index (κ2) is 5.82. The third-order valence-electron chi connectivity index (χ3n) is 3.45. The van der Waals surface area contributed by atoms with Gasteiger partial charge in [-0.1, -0.05) is 19.1 Å². The molecule has 0 heterocycles. The van der Waals surface area contributed by atoms with Crippen LogP contribution >= 0.6 is 0 Å². The molecule has 0 bridgehead atoms. The topological polar surface area (TPSA) is 55.8 Å². The Morgan fingerprint density at radius 2 is 1.90 bits per heavy atom. The second-order valence-electron chi connectivity index (χ2n) is 4.78. The van der Waals surface area contributed by atoms with E-state index < -0.39 is 11.9 Å². The Hall–Kier alpha value is -2.23. The van der Waals surface area contributed by atoms with Gasteiger partial charge >= 0.3 is 5.97 Å². The fourth-order valence-corrected chi connectivity index (χ4v) is 2.26. The summed E-state index contributed by atoms with van der Waals surface area (Å²) in [5.41, 5.74) is 0.902. The highest BCUT2D eigenvalue weighted by Crippen LogP contribution is 2.32. The molecular formula is C16H18O4. The first-order chi connectivity index (χ1) is 9.56. The molecule has 4 nitrogen and oxygen atoms in total. The molecular weight excluding hydrogens is 256 g/mol. The zero-order valence-corrected chi connectivity index (χ0v) is 11.8. The molecule has 0 amide bonds. The average Bonchev–Trinajstić information content (AvgIpc) is 2.46. The summed E-state index contributed by atoms with van der Waals surface area (Å²) in [5, 5.41) is 11.1. The largest absolute Gasteiger partial charge is 0.497 e. The highest BCUT2D eigenvalue weighted by Gasteiger charge is 2.17. The predicted octanol–water partition coefficient (Wildman–Crippen LogP) is 3.12. The average molecular weight is 274 g/mol. The molecule has 20 heavy (non-hydrogen) atoms. The number of aliphatic carboxylic acids is 1. The normalized spacial score (nSPS) is 12.2. The van der Waals surface area contributed by atoms with Gasteiger partial charge in [-0.2, -0.15) is 0 Å². The second-order valence-corrected chi connectivity index (χ2v) is 4.78. The van der Waals surface area contributed by atoms with Crippen LogP contribution in [0.2, 0.25) is 0 Å². The number of hydrogen-bond acceptors (Lipinski definition) is 3. The van der Waals surface area contributed by atoms with Gasteiger partial charge in [-0.15, -0.1) is 0 Å². The van der Waals surface area contributed by atoms with Crippen LogP contribution in [0.15, 0.2) is 30.3 Å². The third kappa shape index (κ3) is 2.69. The maximum absolute atomic E-state index is 11.1. The van der Waals surface area contributed by atoms with Crippen LogP contribution in [-0.4, -0.2) is 25.3 Å². The molecule has 0 saturated heterocycles. The number of ether oxygens (including phenoxy) is 2. The van der Waals surface area contributed by atoms with E-state index >= 15 is 0 Å². The summed E-state index contributed by atoms with van der Waals surface area (Å²) in [6.07, 6.45) is 0.420. The van der Waals surface area contributed by atoms with Crippen LogP contribution in [0, 0.1) is 5.92 Å². The highest BCUT2D eigenvalue weighted by atomic mass is 16.5. The molecule has 2 aromatic rings. The number of hydrogen-bond donors (Lipinski definition) is 1. The molecule has 0 radical (unpaired) electrons. The monoisotopic (exact) mass is 274 g/mol. The van der Waals surface area contributed by atoms with Gasteiger partial charge in [0.15, 0.2) is 0 Å². The van der Waals surface area contributed by atoms with E-state index in [4.69, 9.17) is 14.6 Å². The van der Waals surface area contributed by atoms with E-state index in [1.807, 2.05) is 30.3 Å². The van der Waals surface area contributed by atoms with Gasteiger partial charge in [-0.05, 0) is 35.4 Å². The molecule has 1 unspecified atom stereocenters. The lowest BCUT2D eigenvalue weighted by molar-refractivity contribution is -0.141. The molecule has 106 valence electrons. The van der Waals surface area contributed by atoms with Crippen molar-refractivity contribution in [3.63, 3.8) is 0 Å². The van der Waals surface area contributed by atoms with E-state index in [9.17, 15) is 4.79 Å². The van der Waals surface area contributed by atoms with Gasteiger partial charge in [-0.3, -0.25) is 4.79 Å². The van der Waals surface area contributed by atoms with Crippen LogP contribution in [0.1, 0.15) is 12.5 Å². The number of carboxylic acids is 1. The molecule has 0 spiro atoms. The SMILES string of the molecule is COc1ccc2ccc(OC)c(CC(C)C(=O)O)c2c1. The highest BCUT2D eigenvalue weighted by molar-refractivity contribution is 5.89. The molecule has 0 aromatic heterocycles. The van der Waals surface area contributed by atoms with Crippen LogP contribution in [0.5, 0.6) is 11.5 Å². The molecule has 1 N–H and O–H groups in total. The number of methoxy groups -OCH3 is 2. The van der Waals surface area contributed by atoms with Crippen molar-refractivity contribution in [1.29, 1.82) is 0 Å². The first kappa shape index (κ1) is 14.2. The lowest BCUT2D eigenvalue weighted by atomic mass is 9.95. The molecule has 0 aliphatic rings. The van der Waals surface area contributed by atoms with Gasteiger partial charge in [0.2, 0.25) is 0 Å². The van der Waals surface area contributed by atoms with E-state index in [-0.39, 0.29) is 0 Å². The summed E-state index contributed by atoms with van der Waals surface area (Å²) >= 11 is 0. The van der Waals surface area contributed by atoms with Crippen molar-refractivity contribution in [3.05, 3.63) is 35.9 Å². The minimum Gasteiger partial charge on any atom is -0.497 e. The Morgan fingerprint density at radius 3 is 2.50 bits per heavy atom. The maximum atomic E-state index is 11.1. The molecule has 0 fully saturated rings. The molecule has 4 heteroatoms. The Kier molecular flexibility index (Phi) is 4.13. The molecule has 1 atom stereocenters. The Bertz CT molecular complexity index is 628. The van der Waals surface area contributed by atoms with Crippen LogP contribution in [0.4, 0.5) is 0 Å². The molecule has 0 aliphatic carbocycles. The van der Waals surface area contributed by atoms with Crippen LogP contribution < -0.4 is 9.47 Å². The van der Waals surface area contributed by atoms with Crippen molar-refractivity contribution in [2.24, 2.45) is 5.92 Å². The zero-order chi connectivity index (χ0) is 14.7. The van der Waals surface area contributed by atoms with Gasteiger partial charge in [-0.25, -0.2) is 0 Å². The van der Waals surface area contributed by atoms with E-state index in [2.05, 4.69) is 0 Å². The Labute approximate surface area is 117 Å². The van der Waals surface area contributed by atoms with E-state index in [1.165, 1.54) is 0 Å². The van der Waals surface area contributed by atoms with Crippen molar-refractivity contribution >= 4 is 16.7 Å². The van der Waals surface area contributed by atoms with Gasteiger partial charge in [0.1, 0.15) is 11.5 Å². The van der Waals surface area contributed by atoms with Crippen molar-refractivity contribution < 1.29 is 19.4 Å². The fraction of sp³-hybridized carbons (Fsp3) is 0.312. The van der Waals surface area contributed by atoms with Crippen molar-refractivity contribution in [3.8, 4) is 11.5 Å². The number of benzene rings is 2. The minimum absolute atomic E-state index is 0.420. The number of carboxylic acid groups (broad SMARTS) is 1. The standard InChI is InChI=1S/C16H18O4/c1-10(16(17)18)8-14-13-9-12(19-2)6-4-11(13)5-7-15(14)20-3/h4-7,9-10H,8H2,1-3H3,(H,17,18). The maximum Gasteiger partial charge on any atom is 0.306 e. The molecule has 2 rings (SSSR count). The molecule has 0 saturated carbocycles. The van der Waals surface area contributed by atoms with Gasteiger partial charge in [0.05, 0.1) is 20.1 Å². The third-order valence-corrected chi connectivity index (χ3v) is 3.45. The van der Waals surface area contributed by atoms with Crippen molar-refractivity contribution in [1.82, 2.24) is 0 Å². The summed E-state index contributed by atoms with van der Waals surface area (Å²) in [6.45, 7) is 1.70. The number of carbonyl (C=O) groups is 1. The summed E-state index contributed by atoms with van der Waals surface area (Å²) in [7, 11) is 3.21. The van der Waals surface area contributed by atoms with Crippen LogP contribution in [-0.2, 0) is 11.2 Å². The molecule has 2 aromatic carbocycles. The summed E-state index contributed by atoms with van der Waals surface area (Å²) < 4.78 is 10.6. The van der Waals surface area contributed by atoms with Gasteiger partial charge in [0, 0.05) is 5.56 Å². The molecule has 0 aliphatic heterocycles. The van der Waals surface area contributed by atoms with Gasteiger partial charge in [0.25, 0.3) is 0 Å². The predicted molar refractivity (Wildman–Crippen MR) is 77.6 cm³/mol. The van der Waals surface area contributed by atoms with Gasteiger partial charge < -0.3 is 14.6 Å². The van der Waals surface area contributed by atoms with E-state index in [1.54, 1.807) is 21.1 Å². The lowest BCUT2D eigenvalue weighted by Crippen LogP contribution is -2.13. The summed E-state index contributed by atoms with van der Waals surface area (Å²) in [5.74, 6) is 0.168. The Morgan fingerprint density at radius 1 is 1.20 bits per heavy atom. The smallest absolute Gasteiger partial charge is 0.306 e. The van der Waals surface area contributed by atoms with Crippen molar-refractivity contribution in [2.75, 3.05) is 14.2 Å². The fourth-order valence-electron chi connectivity index (χ4n) is 2.26. The lowest BCUT2D eigenvalue weighted by Gasteiger charge is -2.15.